The van der Waals surface area contributed by atoms with Gasteiger partial charge in [-0.15, -0.1) is 0 Å². The molecule has 14 heavy (non-hydrogen) atoms. The first-order chi connectivity index (χ1) is 6.47. The molecule has 0 fully saturated rings. The molecule has 0 spiro atoms. The van der Waals surface area contributed by atoms with Gasteiger partial charge in [0, 0.05) is 11.8 Å². The maximum Gasteiger partial charge on any atom is 0.305 e. The number of carboxylic acid groups (broad SMARTS) is 1. The Morgan fingerprint density at radius 2 is 2.36 bits per heavy atom. The van der Waals surface area contributed by atoms with Crippen LogP contribution in [0, 0.1) is 0 Å². The summed E-state index contributed by atoms with van der Waals surface area (Å²) in [6.07, 6.45) is 3.44. The predicted molar refractivity (Wildman–Crippen MR) is 51.9 cm³/mol. The molecule has 78 valence electrons. The normalized spacial score (nSPS) is 15.4. The molecule has 5 nitrogen and oxygen atoms in total. The van der Waals surface area contributed by atoms with Crippen LogP contribution in [0.25, 0.3) is 0 Å². The number of aliphatic carboxylic acids is 1. The molecule has 5 heteroatoms. The van der Waals surface area contributed by atoms with E-state index < -0.39 is 11.5 Å². The van der Waals surface area contributed by atoms with Crippen molar-refractivity contribution in [1.29, 1.82) is 0 Å². The van der Waals surface area contributed by atoms with Gasteiger partial charge in [0.05, 0.1) is 18.2 Å². The SMILES string of the molecule is CN(C)C(C)(CC(=O)O)c1cn[nH]c1. The molecule has 0 saturated heterocycles. The van der Waals surface area contributed by atoms with Gasteiger partial charge in [0.1, 0.15) is 0 Å². The molecule has 1 rings (SSSR count). The molecule has 0 bridgehead atoms. The number of H-pyrrole nitrogens is 1. The van der Waals surface area contributed by atoms with Crippen molar-refractivity contribution in [2.75, 3.05) is 14.1 Å². The number of carbonyl (C=O) groups is 1. The summed E-state index contributed by atoms with van der Waals surface area (Å²) in [6.45, 7) is 1.88. The number of nitrogens with one attached hydrogen (secondary N) is 1. The lowest BCUT2D eigenvalue weighted by Gasteiger charge is -2.34. The molecule has 0 saturated carbocycles. The van der Waals surface area contributed by atoms with Crippen LogP contribution >= 0.6 is 0 Å². The van der Waals surface area contributed by atoms with Gasteiger partial charge in [0.25, 0.3) is 0 Å². The molecule has 0 aromatic carbocycles. The molecule has 0 aliphatic heterocycles. The van der Waals surface area contributed by atoms with E-state index >= 15 is 0 Å². The van der Waals surface area contributed by atoms with Gasteiger partial charge in [-0.05, 0) is 21.0 Å². The molecule has 2 N–H and O–H groups in total. The third-order valence-corrected chi connectivity index (χ3v) is 2.60. The quantitative estimate of drug-likeness (QED) is 0.744. The molecular formula is C9H15N3O2. The summed E-state index contributed by atoms with van der Waals surface area (Å²) in [7, 11) is 3.71. The Labute approximate surface area is 82.7 Å². The van der Waals surface area contributed by atoms with Crippen LogP contribution in [-0.4, -0.2) is 40.3 Å². The summed E-state index contributed by atoms with van der Waals surface area (Å²) in [5.74, 6) is -0.817. The first-order valence-electron chi connectivity index (χ1n) is 4.35. The monoisotopic (exact) mass is 197 g/mol. The van der Waals surface area contributed by atoms with E-state index in [0.29, 0.717) is 0 Å². The fourth-order valence-electron chi connectivity index (χ4n) is 1.36. The van der Waals surface area contributed by atoms with E-state index in [1.165, 1.54) is 0 Å². The third-order valence-electron chi connectivity index (χ3n) is 2.60. The largest absolute Gasteiger partial charge is 0.481 e. The number of carboxylic acids is 1. The second-order valence-electron chi connectivity index (χ2n) is 3.73. The van der Waals surface area contributed by atoms with Crippen molar-refractivity contribution < 1.29 is 9.90 Å². The summed E-state index contributed by atoms with van der Waals surface area (Å²) < 4.78 is 0. The van der Waals surface area contributed by atoms with E-state index in [-0.39, 0.29) is 6.42 Å². The summed E-state index contributed by atoms with van der Waals surface area (Å²) in [5.41, 5.74) is 0.364. The first kappa shape index (κ1) is 10.7. The highest BCUT2D eigenvalue weighted by Crippen LogP contribution is 2.28. The summed E-state index contributed by atoms with van der Waals surface area (Å²) >= 11 is 0. The van der Waals surface area contributed by atoms with Gasteiger partial charge >= 0.3 is 5.97 Å². The number of hydrogen-bond donors (Lipinski definition) is 2. The Hall–Kier alpha value is -1.36. The molecule has 0 amide bonds. The molecule has 1 unspecified atom stereocenters. The third kappa shape index (κ3) is 1.93. The van der Waals surface area contributed by atoms with Gasteiger partial charge in [-0.1, -0.05) is 0 Å². The molecule has 0 radical (unpaired) electrons. The standard InChI is InChI=1S/C9H15N3O2/c1-9(12(2)3,4-8(13)14)7-5-10-11-6-7/h5-6H,4H2,1-3H3,(H,10,11)(H,13,14). The summed E-state index contributed by atoms with van der Waals surface area (Å²) in [6, 6.07) is 0. The van der Waals surface area contributed by atoms with Crippen LogP contribution in [0.1, 0.15) is 18.9 Å². The van der Waals surface area contributed by atoms with Crippen LogP contribution in [0.3, 0.4) is 0 Å². The zero-order chi connectivity index (χ0) is 10.8. The molecule has 1 aromatic heterocycles. The van der Waals surface area contributed by atoms with Crippen LogP contribution in [0.5, 0.6) is 0 Å². The predicted octanol–water partition coefficient (Wildman–Crippen LogP) is 0.661. The second kappa shape index (κ2) is 3.79. The van der Waals surface area contributed by atoms with Crippen molar-refractivity contribution in [1.82, 2.24) is 15.1 Å². The molecular weight excluding hydrogens is 182 g/mol. The average Bonchev–Trinajstić information content (AvgIpc) is 2.53. The number of hydrogen-bond acceptors (Lipinski definition) is 3. The van der Waals surface area contributed by atoms with Crippen molar-refractivity contribution in [3.63, 3.8) is 0 Å². The Morgan fingerprint density at radius 1 is 1.71 bits per heavy atom. The van der Waals surface area contributed by atoms with Crippen LogP contribution in [-0.2, 0) is 10.3 Å². The maximum absolute atomic E-state index is 10.8. The smallest absolute Gasteiger partial charge is 0.305 e. The van der Waals surface area contributed by atoms with Gasteiger partial charge in [0.2, 0.25) is 0 Å². The first-order valence-corrected chi connectivity index (χ1v) is 4.35. The highest BCUT2D eigenvalue weighted by atomic mass is 16.4. The van der Waals surface area contributed by atoms with E-state index in [2.05, 4.69) is 10.2 Å². The van der Waals surface area contributed by atoms with Crippen LogP contribution in [0.15, 0.2) is 12.4 Å². The highest BCUT2D eigenvalue weighted by molar-refractivity contribution is 5.68. The van der Waals surface area contributed by atoms with Gasteiger partial charge in [-0.25, -0.2) is 0 Å². The fourth-order valence-corrected chi connectivity index (χ4v) is 1.36. The van der Waals surface area contributed by atoms with Crippen LogP contribution in [0.4, 0.5) is 0 Å². The van der Waals surface area contributed by atoms with E-state index in [4.69, 9.17) is 5.11 Å². The fraction of sp³-hybridized carbons (Fsp3) is 0.556. The molecule has 1 heterocycles. The van der Waals surface area contributed by atoms with Crippen molar-refractivity contribution >= 4 is 5.97 Å². The van der Waals surface area contributed by atoms with E-state index in [1.807, 2.05) is 25.9 Å². The Kier molecular flexibility index (Phi) is 2.90. The van der Waals surface area contributed by atoms with Crippen molar-refractivity contribution in [2.45, 2.75) is 18.9 Å². The van der Waals surface area contributed by atoms with Gasteiger partial charge in [-0.2, -0.15) is 5.10 Å². The maximum atomic E-state index is 10.8. The minimum Gasteiger partial charge on any atom is -0.481 e. The topological polar surface area (TPSA) is 69.2 Å². The second-order valence-corrected chi connectivity index (χ2v) is 3.73. The lowest BCUT2D eigenvalue weighted by Crippen LogP contribution is -2.40. The molecule has 0 aliphatic rings. The molecule has 1 atom stereocenters. The van der Waals surface area contributed by atoms with Crippen molar-refractivity contribution in [3.8, 4) is 0 Å². The molecule has 1 aromatic rings. The number of aromatic amines is 1. The highest BCUT2D eigenvalue weighted by Gasteiger charge is 2.32. The van der Waals surface area contributed by atoms with E-state index in [1.54, 1.807) is 12.4 Å². The van der Waals surface area contributed by atoms with E-state index in [9.17, 15) is 4.79 Å². The summed E-state index contributed by atoms with van der Waals surface area (Å²) in [4.78, 5) is 12.6. The van der Waals surface area contributed by atoms with Crippen molar-refractivity contribution in [3.05, 3.63) is 18.0 Å². The minimum atomic E-state index is -0.817. The number of aromatic nitrogens is 2. The molecule has 0 aliphatic carbocycles. The van der Waals surface area contributed by atoms with Gasteiger partial charge < -0.3 is 5.11 Å². The van der Waals surface area contributed by atoms with Gasteiger partial charge in [-0.3, -0.25) is 14.8 Å². The van der Waals surface area contributed by atoms with Crippen LogP contribution < -0.4 is 0 Å². The average molecular weight is 197 g/mol. The Morgan fingerprint density at radius 3 is 2.71 bits per heavy atom. The van der Waals surface area contributed by atoms with Gasteiger partial charge in [0.15, 0.2) is 0 Å². The Balaban J connectivity index is 2.99. The minimum absolute atomic E-state index is 0.0551. The summed E-state index contributed by atoms with van der Waals surface area (Å²) in [5, 5.41) is 15.4. The number of rotatable bonds is 4. The van der Waals surface area contributed by atoms with Crippen LogP contribution in [0.2, 0.25) is 0 Å². The number of nitrogens with zero attached hydrogens (tertiary/aromatic N) is 2. The Bertz CT molecular complexity index is 308. The lowest BCUT2D eigenvalue weighted by atomic mass is 9.90. The van der Waals surface area contributed by atoms with Crippen molar-refractivity contribution in [2.24, 2.45) is 0 Å². The zero-order valence-electron chi connectivity index (χ0n) is 8.61. The lowest BCUT2D eigenvalue weighted by molar-refractivity contribution is -0.140. The zero-order valence-corrected chi connectivity index (χ0v) is 8.61. The van der Waals surface area contributed by atoms with E-state index in [0.717, 1.165) is 5.56 Å².